The number of rotatable bonds is 4. The summed E-state index contributed by atoms with van der Waals surface area (Å²) in [4.78, 5) is 24.9. The van der Waals surface area contributed by atoms with E-state index < -0.39 is 14.9 Å². The smallest absolute Gasteiger partial charge is 0.270 e. The number of nitrogens with zero attached hydrogens (tertiary/aromatic N) is 3. The van der Waals surface area contributed by atoms with Gasteiger partial charge in [0.1, 0.15) is 0 Å². The van der Waals surface area contributed by atoms with Crippen molar-refractivity contribution < 1.29 is 18.1 Å². The molecule has 0 unspecified atom stereocenters. The number of benzene rings is 3. The van der Waals surface area contributed by atoms with Gasteiger partial charge in [-0.05, 0) is 22.9 Å². The van der Waals surface area contributed by atoms with Crippen molar-refractivity contribution in [1.82, 2.24) is 9.21 Å². The molecule has 0 saturated carbocycles. The maximum absolute atomic E-state index is 13.0. The van der Waals surface area contributed by atoms with Crippen molar-refractivity contribution in [1.29, 1.82) is 0 Å². The van der Waals surface area contributed by atoms with Gasteiger partial charge in [0, 0.05) is 43.9 Å². The molecule has 0 N–H and O–H groups in total. The lowest BCUT2D eigenvalue weighted by molar-refractivity contribution is -0.385. The van der Waals surface area contributed by atoms with E-state index in [9.17, 15) is 23.3 Å². The van der Waals surface area contributed by atoms with Gasteiger partial charge in [-0.15, -0.1) is 0 Å². The van der Waals surface area contributed by atoms with Crippen molar-refractivity contribution in [2.75, 3.05) is 26.2 Å². The van der Waals surface area contributed by atoms with Crippen molar-refractivity contribution in [2.45, 2.75) is 4.90 Å². The molecule has 1 heterocycles. The Morgan fingerprint density at radius 2 is 1.57 bits per heavy atom. The second-order valence-electron chi connectivity index (χ2n) is 6.98. The Kier molecular flexibility index (Phi) is 5.23. The van der Waals surface area contributed by atoms with E-state index in [2.05, 4.69) is 0 Å². The molecule has 9 heteroatoms. The van der Waals surface area contributed by atoms with Crippen molar-refractivity contribution in [3.63, 3.8) is 0 Å². The predicted octanol–water partition coefficient (Wildman–Crippen LogP) is 2.89. The Morgan fingerprint density at radius 3 is 2.30 bits per heavy atom. The first-order chi connectivity index (χ1) is 14.4. The van der Waals surface area contributed by atoms with Gasteiger partial charge in [-0.3, -0.25) is 14.9 Å². The normalized spacial score (nSPS) is 15.3. The van der Waals surface area contributed by atoms with Gasteiger partial charge in [0.05, 0.1) is 9.82 Å². The topological polar surface area (TPSA) is 101 Å². The molecule has 0 atom stereocenters. The molecule has 3 aromatic carbocycles. The number of hydrogen-bond donors (Lipinski definition) is 0. The molecule has 1 amide bonds. The summed E-state index contributed by atoms with van der Waals surface area (Å²) >= 11 is 0. The molecule has 1 fully saturated rings. The molecule has 3 aromatic rings. The van der Waals surface area contributed by atoms with Crippen LogP contribution in [0, 0.1) is 10.1 Å². The third-order valence-corrected chi connectivity index (χ3v) is 7.11. The third-order valence-electron chi connectivity index (χ3n) is 5.21. The molecule has 1 saturated heterocycles. The minimum absolute atomic E-state index is 0.120. The number of carbonyl (C=O) groups is 1. The fraction of sp³-hybridized carbons (Fsp3) is 0.190. The minimum Gasteiger partial charge on any atom is -0.336 e. The van der Waals surface area contributed by atoms with Gasteiger partial charge in [0.15, 0.2) is 0 Å². The molecular weight excluding hydrogens is 406 g/mol. The van der Waals surface area contributed by atoms with Crippen LogP contribution in [-0.2, 0) is 10.0 Å². The van der Waals surface area contributed by atoms with E-state index in [-0.39, 0.29) is 42.7 Å². The van der Waals surface area contributed by atoms with Crippen LogP contribution in [0.3, 0.4) is 0 Å². The van der Waals surface area contributed by atoms with Crippen LogP contribution < -0.4 is 0 Å². The second kappa shape index (κ2) is 7.85. The first-order valence-corrected chi connectivity index (χ1v) is 10.8. The van der Waals surface area contributed by atoms with Crippen LogP contribution >= 0.6 is 0 Å². The quantitative estimate of drug-likeness (QED) is 0.473. The van der Waals surface area contributed by atoms with E-state index in [1.807, 2.05) is 36.4 Å². The summed E-state index contributed by atoms with van der Waals surface area (Å²) in [5.74, 6) is -0.140. The first-order valence-electron chi connectivity index (χ1n) is 9.39. The average molecular weight is 425 g/mol. The number of nitro groups is 1. The van der Waals surface area contributed by atoms with Gasteiger partial charge < -0.3 is 4.90 Å². The van der Waals surface area contributed by atoms with E-state index in [4.69, 9.17) is 0 Å². The van der Waals surface area contributed by atoms with Crippen LogP contribution in [0.15, 0.2) is 71.6 Å². The van der Waals surface area contributed by atoms with Gasteiger partial charge >= 0.3 is 0 Å². The lowest BCUT2D eigenvalue weighted by Gasteiger charge is -2.34. The van der Waals surface area contributed by atoms with Crippen molar-refractivity contribution in [2.24, 2.45) is 0 Å². The summed E-state index contributed by atoms with van der Waals surface area (Å²) in [6, 6.07) is 18.2. The zero-order valence-corrected chi connectivity index (χ0v) is 16.8. The van der Waals surface area contributed by atoms with Gasteiger partial charge in [-0.1, -0.05) is 42.5 Å². The van der Waals surface area contributed by atoms with Gasteiger partial charge in [0.25, 0.3) is 11.6 Å². The average Bonchev–Trinajstić information content (AvgIpc) is 2.78. The molecule has 154 valence electrons. The van der Waals surface area contributed by atoms with Gasteiger partial charge in [-0.2, -0.15) is 4.31 Å². The zero-order valence-electron chi connectivity index (χ0n) is 16.0. The van der Waals surface area contributed by atoms with E-state index in [1.54, 1.807) is 11.0 Å². The molecule has 0 aliphatic carbocycles. The van der Waals surface area contributed by atoms with Crippen LogP contribution in [0.5, 0.6) is 0 Å². The van der Waals surface area contributed by atoms with Crippen LogP contribution in [-0.4, -0.2) is 54.6 Å². The number of piperazine rings is 1. The van der Waals surface area contributed by atoms with E-state index in [0.717, 1.165) is 16.8 Å². The van der Waals surface area contributed by atoms with Crippen LogP contribution in [0.25, 0.3) is 10.8 Å². The number of fused-ring (bicyclic) bond motifs is 1. The van der Waals surface area contributed by atoms with E-state index in [1.165, 1.54) is 22.5 Å². The molecule has 0 bridgehead atoms. The SMILES string of the molecule is O=C(c1cccc2ccccc12)N1CCN(S(=O)(=O)c2cccc([N+](=O)[O-])c2)CC1. The summed E-state index contributed by atoms with van der Waals surface area (Å²) in [6.07, 6.45) is 0. The van der Waals surface area contributed by atoms with Crippen molar-refractivity contribution >= 4 is 32.4 Å². The molecular formula is C21H19N3O5S. The van der Waals surface area contributed by atoms with E-state index in [0.29, 0.717) is 5.56 Å². The fourth-order valence-electron chi connectivity index (χ4n) is 3.62. The fourth-order valence-corrected chi connectivity index (χ4v) is 5.08. The number of non-ortho nitro benzene ring substituents is 1. The second-order valence-corrected chi connectivity index (χ2v) is 8.92. The highest BCUT2D eigenvalue weighted by molar-refractivity contribution is 7.89. The van der Waals surface area contributed by atoms with E-state index >= 15 is 0 Å². The van der Waals surface area contributed by atoms with Gasteiger partial charge in [0.2, 0.25) is 10.0 Å². The summed E-state index contributed by atoms with van der Waals surface area (Å²) < 4.78 is 27.0. The summed E-state index contributed by atoms with van der Waals surface area (Å²) in [7, 11) is -3.88. The Morgan fingerprint density at radius 1 is 0.900 bits per heavy atom. The largest absolute Gasteiger partial charge is 0.336 e. The minimum atomic E-state index is -3.88. The van der Waals surface area contributed by atoms with Gasteiger partial charge in [-0.25, -0.2) is 8.42 Å². The maximum atomic E-state index is 13.0. The molecule has 1 aliphatic heterocycles. The lowest BCUT2D eigenvalue weighted by atomic mass is 10.0. The monoisotopic (exact) mass is 425 g/mol. The molecule has 30 heavy (non-hydrogen) atoms. The highest BCUT2D eigenvalue weighted by Crippen LogP contribution is 2.24. The Hall–Kier alpha value is -3.30. The van der Waals surface area contributed by atoms with Crippen molar-refractivity contribution in [3.05, 3.63) is 82.4 Å². The molecule has 0 aromatic heterocycles. The molecule has 4 rings (SSSR count). The standard InChI is InChI=1S/C21H19N3O5S/c25-21(20-10-3-6-16-5-1-2-9-19(16)20)22-11-13-23(14-12-22)30(28,29)18-8-4-7-17(15-18)24(26)27/h1-10,15H,11-14H2. The lowest BCUT2D eigenvalue weighted by Crippen LogP contribution is -2.50. The number of amides is 1. The Labute approximate surface area is 173 Å². The Bertz CT molecular complexity index is 1230. The first kappa shape index (κ1) is 20.0. The highest BCUT2D eigenvalue weighted by atomic mass is 32.2. The molecule has 1 aliphatic rings. The number of hydrogen-bond acceptors (Lipinski definition) is 5. The Balaban J connectivity index is 1.51. The molecule has 0 spiro atoms. The number of sulfonamides is 1. The molecule has 0 radical (unpaired) electrons. The van der Waals surface area contributed by atoms with Crippen LogP contribution in [0.4, 0.5) is 5.69 Å². The predicted molar refractivity (Wildman–Crippen MR) is 112 cm³/mol. The summed E-state index contributed by atoms with van der Waals surface area (Å²) in [6.45, 7) is 0.746. The number of carbonyl (C=O) groups excluding carboxylic acids is 1. The zero-order chi connectivity index (χ0) is 21.3. The van der Waals surface area contributed by atoms with Crippen LogP contribution in [0.1, 0.15) is 10.4 Å². The number of nitro benzene ring substituents is 1. The summed E-state index contributed by atoms with van der Waals surface area (Å²) in [5, 5.41) is 12.8. The molecule has 8 nitrogen and oxygen atoms in total. The maximum Gasteiger partial charge on any atom is 0.270 e. The highest BCUT2D eigenvalue weighted by Gasteiger charge is 2.31. The van der Waals surface area contributed by atoms with Crippen molar-refractivity contribution in [3.8, 4) is 0 Å². The van der Waals surface area contributed by atoms with Crippen LogP contribution in [0.2, 0.25) is 0 Å². The summed E-state index contributed by atoms with van der Waals surface area (Å²) in [5.41, 5.74) is 0.309. The third kappa shape index (κ3) is 3.64.